The number of carbonyl (C=O) groups is 1. The largest absolute Gasteiger partial charge is 0.497 e. The Hall–Kier alpha value is -2.49. The Kier molecular flexibility index (Phi) is 11.1. The van der Waals surface area contributed by atoms with E-state index in [0.29, 0.717) is 26.1 Å². The molecule has 8 heteroatoms. The number of amides is 1. The van der Waals surface area contributed by atoms with Crippen LogP contribution in [0.4, 0.5) is 0 Å². The van der Waals surface area contributed by atoms with Crippen molar-refractivity contribution in [2.24, 2.45) is 4.99 Å². The number of guanidine groups is 1. The fourth-order valence-corrected chi connectivity index (χ4v) is 3.44. The second-order valence-corrected chi connectivity index (χ2v) is 7.33. The van der Waals surface area contributed by atoms with Gasteiger partial charge in [0.15, 0.2) is 5.96 Å². The van der Waals surface area contributed by atoms with Gasteiger partial charge in [0, 0.05) is 32.6 Å². The van der Waals surface area contributed by atoms with Gasteiger partial charge in [-0.1, -0.05) is 24.3 Å². The van der Waals surface area contributed by atoms with Crippen LogP contribution in [0.5, 0.6) is 11.5 Å². The summed E-state index contributed by atoms with van der Waals surface area (Å²) in [5.41, 5.74) is 2.51. The molecule has 32 heavy (non-hydrogen) atoms. The van der Waals surface area contributed by atoms with Crippen LogP contribution in [0.2, 0.25) is 0 Å². The molecule has 3 rings (SSSR count). The molecule has 0 unspecified atom stereocenters. The predicted molar refractivity (Wildman–Crippen MR) is 138 cm³/mol. The lowest BCUT2D eigenvalue weighted by Crippen LogP contribution is -2.39. The van der Waals surface area contributed by atoms with Crippen molar-refractivity contribution in [3.8, 4) is 11.5 Å². The van der Waals surface area contributed by atoms with Crippen LogP contribution in [0.1, 0.15) is 30.9 Å². The second-order valence-electron chi connectivity index (χ2n) is 7.33. The van der Waals surface area contributed by atoms with Crippen molar-refractivity contribution >= 4 is 35.8 Å². The number of fused-ring (bicyclic) bond motifs is 1. The van der Waals surface area contributed by atoms with E-state index in [1.165, 1.54) is 11.1 Å². The molecule has 0 saturated carbocycles. The van der Waals surface area contributed by atoms with Crippen LogP contribution in [0.3, 0.4) is 0 Å². The molecule has 7 nitrogen and oxygen atoms in total. The van der Waals surface area contributed by atoms with Crippen LogP contribution in [0, 0.1) is 0 Å². The molecule has 1 heterocycles. The highest BCUT2D eigenvalue weighted by molar-refractivity contribution is 14.0. The quantitative estimate of drug-likeness (QED) is 0.204. The van der Waals surface area contributed by atoms with Crippen LogP contribution in [0.15, 0.2) is 53.5 Å². The Morgan fingerprint density at radius 3 is 2.31 bits per heavy atom. The number of ether oxygens (including phenoxy) is 2. The number of carbonyl (C=O) groups excluding carboxylic acids is 1. The Morgan fingerprint density at radius 1 is 1.03 bits per heavy atom. The molecule has 0 radical (unpaired) electrons. The van der Waals surface area contributed by atoms with Crippen molar-refractivity contribution in [3.63, 3.8) is 0 Å². The maximum Gasteiger partial charge on any atom is 0.223 e. The molecule has 1 aliphatic rings. The molecule has 0 saturated heterocycles. The number of nitrogens with zero attached hydrogens (tertiary/aromatic N) is 2. The van der Waals surface area contributed by atoms with Gasteiger partial charge in [-0.15, -0.1) is 24.0 Å². The zero-order chi connectivity index (χ0) is 21.9. The van der Waals surface area contributed by atoms with Crippen molar-refractivity contribution in [2.45, 2.75) is 32.9 Å². The Labute approximate surface area is 207 Å². The fraction of sp³-hybridized carbons (Fsp3) is 0.417. The third kappa shape index (κ3) is 7.89. The van der Waals surface area contributed by atoms with Crippen LogP contribution < -0.4 is 20.1 Å². The molecule has 174 valence electrons. The van der Waals surface area contributed by atoms with E-state index in [2.05, 4.69) is 27.8 Å². The summed E-state index contributed by atoms with van der Waals surface area (Å²) in [6.45, 7) is 5.98. The molecule has 0 aliphatic carbocycles. The zero-order valence-electron chi connectivity index (χ0n) is 18.8. The van der Waals surface area contributed by atoms with E-state index < -0.39 is 0 Å². The molecule has 1 amide bonds. The summed E-state index contributed by atoms with van der Waals surface area (Å²) in [4.78, 5) is 19.0. The van der Waals surface area contributed by atoms with E-state index in [9.17, 15) is 4.79 Å². The Bertz CT molecular complexity index is 849. The van der Waals surface area contributed by atoms with Crippen LogP contribution in [-0.2, 0) is 17.9 Å². The standard InChI is InChI=1S/C24H32N4O3.HI/c1-3-25-24(27-15-16-31-22-12-10-21(30-2)11-13-22)26-14-6-9-23(29)28-17-19-7-4-5-8-20(19)18-28;/h4-5,7-8,10-13H,3,6,9,14-18H2,1-2H3,(H2,25,26,27);1H. The molecule has 0 fully saturated rings. The van der Waals surface area contributed by atoms with Crippen molar-refractivity contribution in [1.82, 2.24) is 15.5 Å². The lowest BCUT2D eigenvalue weighted by molar-refractivity contribution is -0.131. The first kappa shape index (κ1) is 25.8. The molecule has 0 bridgehead atoms. The van der Waals surface area contributed by atoms with Gasteiger partial charge >= 0.3 is 0 Å². The van der Waals surface area contributed by atoms with E-state index in [1.807, 2.05) is 48.2 Å². The fourth-order valence-electron chi connectivity index (χ4n) is 3.44. The summed E-state index contributed by atoms with van der Waals surface area (Å²) in [6.07, 6.45) is 1.24. The number of halogens is 1. The topological polar surface area (TPSA) is 75.2 Å². The normalized spacial score (nSPS) is 12.6. The van der Waals surface area contributed by atoms with E-state index >= 15 is 0 Å². The van der Waals surface area contributed by atoms with Crippen LogP contribution in [-0.4, -0.2) is 50.1 Å². The first-order valence-corrected chi connectivity index (χ1v) is 10.8. The van der Waals surface area contributed by atoms with E-state index in [-0.39, 0.29) is 29.9 Å². The minimum Gasteiger partial charge on any atom is -0.497 e. The van der Waals surface area contributed by atoms with Gasteiger partial charge in [0.1, 0.15) is 18.1 Å². The molecule has 0 spiro atoms. The van der Waals surface area contributed by atoms with Gasteiger partial charge in [0.05, 0.1) is 13.7 Å². The summed E-state index contributed by atoms with van der Waals surface area (Å²) >= 11 is 0. The van der Waals surface area contributed by atoms with Gasteiger partial charge in [-0.3, -0.25) is 9.79 Å². The maximum absolute atomic E-state index is 12.5. The molecular formula is C24H33IN4O3. The predicted octanol–water partition coefficient (Wildman–Crippen LogP) is 3.57. The summed E-state index contributed by atoms with van der Waals surface area (Å²) in [6, 6.07) is 15.8. The number of hydrogen-bond acceptors (Lipinski definition) is 4. The minimum atomic E-state index is 0. The SMILES string of the molecule is CCNC(=NCCCC(=O)N1Cc2ccccc2C1)NCCOc1ccc(OC)cc1.I. The van der Waals surface area contributed by atoms with Gasteiger partial charge < -0.3 is 25.0 Å². The van der Waals surface area contributed by atoms with Crippen molar-refractivity contribution in [3.05, 3.63) is 59.7 Å². The molecule has 2 N–H and O–H groups in total. The van der Waals surface area contributed by atoms with E-state index in [0.717, 1.165) is 43.5 Å². The van der Waals surface area contributed by atoms with Crippen molar-refractivity contribution < 1.29 is 14.3 Å². The lowest BCUT2D eigenvalue weighted by Gasteiger charge is -2.15. The number of methoxy groups -OCH3 is 1. The molecular weight excluding hydrogens is 519 g/mol. The van der Waals surface area contributed by atoms with Gasteiger partial charge in [0.2, 0.25) is 5.91 Å². The maximum atomic E-state index is 12.5. The molecule has 0 atom stereocenters. The molecule has 0 aromatic heterocycles. The summed E-state index contributed by atoms with van der Waals surface area (Å²) < 4.78 is 10.9. The minimum absolute atomic E-state index is 0. The van der Waals surface area contributed by atoms with Crippen molar-refractivity contribution in [2.75, 3.05) is 33.4 Å². The highest BCUT2D eigenvalue weighted by Crippen LogP contribution is 2.23. The first-order valence-electron chi connectivity index (χ1n) is 10.8. The third-order valence-corrected chi connectivity index (χ3v) is 5.08. The summed E-state index contributed by atoms with van der Waals surface area (Å²) in [5, 5.41) is 6.49. The second kappa shape index (κ2) is 13.8. The van der Waals surface area contributed by atoms with Gasteiger partial charge in [0.25, 0.3) is 0 Å². The monoisotopic (exact) mass is 552 g/mol. The Morgan fingerprint density at radius 2 is 1.69 bits per heavy atom. The summed E-state index contributed by atoms with van der Waals surface area (Å²) in [7, 11) is 1.64. The van der Waals surface area contributed by atoms with Crippen LogP contribution in [0.25, 0.3) is 0 Å². The highest BCUT2D eigenvalue weighted by Gasteiger charge is 2.22. The molecule has 1 aliphatic heterocycles. The number of nitrogens with one attached hydrogen (secondary N) is 2. The Balaban J connectivity index is 0.00000363. The zero-order valence-corrected chi connectivity index (χ0v) is 21.1. The average Bonchev–Trinajstić information content (AvgIpc) is 3.24. The smallest absolute Gasteiger partial charge is 0.223 e. The van der Waals surface area contributed by atoms with Crippen molar-refractivity contribution in [1.29, 1.82) is 0 Å². The van der Waals surface area contributed by atoms with Gasteiger partial charge in [-0.05, 0) is 48.7 Å². The summed E-state index contributed by atoms with van der Waals surface area (Å²) in [5.74, 6) is 2.53. The lowest BCUT2D eigenvalue weighted by atomic mass is 10.1. The van der Waals surface area contributed by atoms with Crippen LogP contribution >= 0.6 is 24.0 Å². The number of aliphatic imine (C=N–C) groups is 1. The van der Waals surface area contributed by atoms with E-state index in [4.69, 9.17) is 9.47 Å². The van der Waals surface area contributed by atoms with Gasteiger partial charge in [-0.2, -0.15) is 0 Å². The highest BCUT2D eigenvalue weighted by atomic mass is 127. The average molecular weight is 552 g/mol. The number of rotatable bonds is 10. The van der Waals surface area contributed by atoms with E-state index in [1.54, 1.807) is 7.11 Å². The first-order chi connectivity index (χ1) is 15.2. The molecule has 2 aromatic rings. The van der Waals surface area contributed by atoms with Gasteiger partial charge in [-0.25, -0.2) is 0 Å². The molecule has 2 aromatic carbocycles. The third-order valence-electron chi connectivity index (χ3n) is 5.08. The number of hydrogen-bond donors (Lipinski definition) is 2. The number of benzene rings is 2.